The largest absolute Gasteiger partial charge is 0.493 e. The second-order valence-electron chi connectivity index (χ2n) is 11.2. The molecule has 1 aliphatic heterocycles. The molecule has 0 radical (unpaired) electrons. The quantitative estimate of drug-likeness (QED) is 0.139. The maximum atomic E-state index is 15.3. The van der Waals surface area contributed by atoms with E-state index in [4.69, 9.17) is 14.2 Å². The van der Waals surface area contributed by atoms with E-state index in [0.717, 1.165) is 43.2 Å². The molecule has 0 amide bonds. The third-order valence-electron chi connectivity index (χ3n) is 7.97. The van der Waals surface area contributed by atoms with Gasteiger partial charge >= 0.3 is 0 Å². The monoisotopic (exact) mass is 641 g/mol. The van der Waals surface area contributed by atoms with Gasteiger partial charge in [-0.1, -0.05) is 48.9 Å². The molecule has 5 aromatic rings. The van der Waals surface area contributed by atoms with Gasteiger partial charge in [0.15, 0.2) is 23.1 Å². The molecule has 0 unspecified atom stereocenters. The van der Waals surface area contributed by atoms with Crippen LogP contribution in [0.1, 0.15) is 25.7 Å². The number of benzene rings is 4. The Morgan fingerprint density at radius 3 is 2.41 bits per heavy atom. The van der Waals surface area contributed by atoms with E-state index in [1.165, 1.54) is 37.5 Å². The van der Waals surface area contributed by atoms with Crippen LogP contribution in [0.4, 0.5) is 10.1 Å². The van der Waals surface area contributed by atoms with Crippen molar-refractivity contribution in [2.24, 2.45) is 0 Å². The van der Waals surface area contributed by atoms with Gasteiger partial charge in [0, 0.05) is 30.3 Å². The summed E-state index contributed by atoms with van der Waals surface area (Å²) in [6.45, 7) is 3.84. The van der Waals surface area contributed by atoms with Gasteiger partial charge in [0.25, 0.3) is 10.0 Å². The Balaban J connectivity index is 1.15. The zero-order valence-electron chi connectivity index (χ0n) is 25.6. The molecule has 1 fully saturated rings. The van der Waals surface area contributed by atoms with Crippen LogP contribution in [0.5, 0.6) is 23.0 Å². The van der Waals surface area contributed by atoms with E-state index < -0.39 is 15.8 Å². The normalized spacial score (nSPS) is 13.8. The first-order chi connectivity index (χ1) is 22.4. The van der Waals surface area contributed by atoms with Crippen LogP contribution in [0.2, 0.25) is 0 Å². The number of pyridine rings is 1. The van der Waals surface area contributed by atoms with E-state index in [1.54, 1.807) is 43.6 Å². The topological polar surface area (TPSA) is 90.0 Å². The number of hydrogen-bond donors (Lipinski definition) is 1. The Kier molecular flexibility index (Phi) is 9.65. The molecular formula is C36H36FN3O5S. The van der Waals surface area contributed by atoms with E-state index in [1.807, 2.05) is 36.4 Å². The highest BCUT2D eigenvalue weighted by atomic mass is 32.2. The number of hydrogen-bond acceptors (Lipinski definition) is 7. The van der Waals surface area contributed by atoms with Gasteiger partial charge in [-0.3, -0.25) is 9.71 Å². The molecule has 10 heteroatoms. The summed E-state index contributed by atoms with van der Waals surface area (Å²) in [5, 5.41) is 0.613. The number of fused-ring (bicyclic) bond motifs is 1. The number of likely N-dealkylation sites (tertiary alicyclic amines) is 1. The number of piperidine rings is 1. The second-order valence-corrected chi connectivity index (χ2v) is 12.9. The minimum atomic E-state index is -3.98. The van der Waals surface area contributed by atoms with Crippen LogP contribution >= 0.6 is 0 Å². The van der Waals surface area contributed by atoms with Gasteiger partial charge in [0.05, 0.1) is 29.8 Å². The molecule has 0 aliphatic carbocycles. The van der Waals surface area contributed by atoms with Gasteiger partial charge in [-0.25, -0.2) is 12.8 Å². The number of ether oxygens (including phenoxy) is 3. The Hall–Kier alpha value is -4.67. The number of aromatic nitrogens is 1. The maximum Gasteiger partial charge on any atom is 0.261 e. The van der Waals surface area contributed by atoms with Crippen molar-refractivity contribution in [3.63, 3.8) is 0 Å². The van der Waals surface area contributed by atoms with Crippen molar-refractivity contribution in [2.75, 3.05) is 38.1 Å². The lowest BCUT2D eigenvalue weighted by Crippen LogP contribution is -2.31. The molecule has 0 atom stereocenters. The summed E-state index contributed by atoms with van der Waals surface area (Å²) in [6, 6.07) is 25.2. The number of halogens is 1. The fourth-order valence-corrected chi connectivity index (χ4v) is 6.69. The zero-order valence-corrected chi connectivity index (χ0v) is 26.4. The molecule has 0 bridgehead atoms. The summed E-state index contributed by atoms with van der Waals surface area (Å²) in [4.78, 5) is 7.00. The van der Waals surface area contributed by atoms with Crippen LogP contribution in [0.25, 0.3) is 22.0 Å². The Bertz CT molecular complexity index is 1910. The van der Waals surface area contributed by atoms with Crippen molar-refractivity contribution in [2.45, 2.75) is 30.6 Å². The summed E-state index contributed by atoms with van der Waals surface area (Å²) in [6.07, 6.45) is 6.31. The molecule has 0 saturated carbocycles. The first-order valence-electron chi connectivity index (χ1n) is 15.4. The van der Waals surface area contributed by atoms with E-state index in [9.17, 15) is 8.42 Å². The van der Waals surface area contributed by atoms with Crippen molar-refractivity contribution in [3.05, 3.63) is 103 Å². The fourth-order valence-electron chi connectivity index (χ4n) is 5.60. The molecule has 2 heterocycles. The van der Waals surface area contributed by atoms with Crippen molar-refractivity contribution in [3.8, 4) is 34.1 Å². The first-order valence-corrected chi connectivity index (χ1v) is 16.9. The van der Waals surface area contributed by atoms with Crippen molar-refractivity contribution >= 4 is 26.6 Å². The highest BCUT2D eigenvalue weighted by Crippen LogP contribution is 2.38. The Morgan fingerprint density at radius 1 is 0.826 bits per heavy atom. The van der Waals surface area contributed by atoms with Crippen LogP contribution in [0.15, 0.2) is 102 Å². The molecule has 1 aromatic heterocycles. The molecule has 4 aromatic carbocycles. The lowest BCUT2D eigenvalue weighted by molar-refractivity contribution is 0.203. The van der Waals surface area contributed by atoms with Gasteiger partial charge in [0.1, 0.15) is 5.75 Å². The average molecular weight is 642 g/mol. The minimum absolute atomic E-state index is 0.0668. The highest BCUT2D eigenvalue weighted by Gasteiger charge is 2.18. The highest BCUT2D eigenvalue weighted by molar-refractivity contribution is 7.92. The van der Waals surface area contributed by atoms with E-state index in [0.29, 0.717) is 34.8 Å². The molecule has 1 N–H and O–H groups in total. The van der Waals surface area contributed by atoms with E-state index >= 15 is 4.39 Å². The van der Waals surface area contributed by atoms with Crippen molar-refractivity contribution in [1.82, 2.24) is 9.88 Å². The van der Waals surface area contributed by atoms with Crippen LogP contribution in [0, 0.1) is 5.82 Å². The molecular weight excluding hydrogens is 605 g/mol. The smallest absolute Gasteiger partial charge is 0.261 e. The summed E-state index contributed by atoms with van der Waals surface area (Å²) in [5.74, 6) is 0.660. The average Bonchev–Trinajstić information content (AvgIpc) is 3.08. The van der Waals surface area contributed by atoms with Crippen molar-refractivity contribution in [1.29, 1.82) is 0 Å². The van der Waals surface area contributed by atoms with Crippen LogP contribution in [-0.4, -0.2) is 51.7 Å². The molecule has 0 spiro atoms. The first kappa shape index (κ1) is 31.3. The number of nitrogens with one attached hydrogen (secondary N) is 1. The van der Waals surface area contributed by atoms with Gasteiger partial charge < -0.3 is 19.1 Å². The SMILES string of the molecule is COc1cc2c(Oc3ccc(NS(=O)(=O)c4cccc(-c5ccccc5)c4)cc3F)ccnc2cc1OCCCN1CCCCC1. The molecule has 238 valence electrons. The number of rotatable bonds is 12. The maximum absolute atomic E-state index is 15.3. The summed E-state index contributed by atoms with van der Waals surface area (Å²) < 4.78 is 61.7. The Labute approximate surface area is 268 Å². The van der Waals surface area contributed by atoms with Crippen LogP contribution in [-0.2, 0) is 10.0 Å². The predicted octanol–water partition coefficient (Wildman–Crippen LogP) is 7.90. The third-order valence-corrected chi connectivity index (χ3v) is 9.35. The molecule has 1 aliphatic rings. The third kappa shape index (κ3) is 7.41. The van der Waals surface area contributed by atoms with Gasteiger partial charge in [-0.2, -0.15) is 0 Å². The summed E-state index contributed by atoms with van der Waals surface area (Å²) >= 11 is 0. The minimum Gasteiger partial charge on any atom is -0.493 e. The fraction of sp³-hybridized carbons (Fsp3) is 0.250. The molecule has 1 saturated heterocycles. The van der Waals surface area contributed by atoms with Gasteiger partial charge in [-0.05, 0) is 79.9 Å². The zero-order chi connectivity index (χ0) is 31.9. The predicted molar refractivity (Wildman–Crippen MR) is 178 cm³/mol. The van der Waals surface area contributed by atoms with Gasteiger partial charge in [-0.15, -0.1) is 0 Å². The number of anilines is 1. The van der Waals surface area contributed by atoms with Crippen LogP contribution in [0.3, 0.4) is 0 Å². The van der Waals surface area contributed by atoms with Crippen molar-refractivity contribution < 1.29 is 27.0 Å². The lowest BCUT2D eigenvalue weighted by Gasteiger charge is -2.26. The molecule has 6 rings (SSSR count). The summed E-state index contributed by atoms with van der Waals surface area (Å²) in [7, 11) is -2.42. The Morgan fingerprint density at radius 2 is 1.63 bits per heavy atom. The van der Waals surface area contributed by atoms with E-state index in [2.05, 4.69) is 14.6 Å². The number of methoxy groups -OCH3 is 1. The molecule has 46 heavy (non-hydrogen) atoms. The number of sulfonamides is 1. The lowest BCUT2D eigenvalue weighted by atomic mass is 10.1. The summed E-state index contributed by atoms with van der Waals surface area (Å²) in [5.41, 5.74) is 2.32. The van der Waals surface area contributed by atoms with Gasteiger partial charge in [0.2, 0.25) is 0 Å². The molecule has 8 nitrogen and oxygen atoms in total. The second kappa shape index (κ2) is 14.2. The van der Waals surface area contributed by atoms with E-state index in [-0.39, 0.29) is 16.3 Å². The van der Waals surface area contributed by atoms with Crippen LogP contribution < -0.4 is 18.9 Å². The standard InChI is InChI=1S/C36H36FN3O5S/c1-43-35-24-30-32(25-36(35)44-21-9-20-40-18-6-3-7-19-40)38-17-16-33(30)45-34-15-14-28(23-31(34)37)39-46(41,42)29-13-8-12-27(22-29)26-10-4-2-5-11-26/h2,4-5,8,10-17,22-25,39H,3,6-7,9,18-21H2,1H3. The number of nitrogens with zero attached hydrogens (tertiary/aromatic N) is 2.